The van der Waals surface area contributed by atoms with Crippen LogP contribution in [0.5, 0.6) is 0 Å². The largest absolute Gasteiger partial charge is 0.292 e. The van der Waals surface area contributed by atoms with E-state index in [0.717, 1.165) is 0 Å². The van der Waals surface area contributed by atoms with Gasteiger partial charge in [-0.05, 0) is 43.1 Å². The number of hydrogen-bond donors (Lipinski definition) is 0. The van der Waals surface area contributed by atoms with Crippen molar-refractivity contribution in [1.82, 2.24) is 3.97 Å². The minimum atomic E-state index is 1.27. The third kappa shape index (κ3) is 1.95. The van der Waals surface area contributed by atoms with Crippen molar-refractivity contribution in [2.75, 3.05) is 0 Å². The number of aryl methyl sites for hydroxylation is 1. The molecule has 0 radical (unpaired) electrons. The van der Waals surface area contributed by atoms with Crippen molar-refractivity contribution in [3.05, 3.63) is 54.4 Å². The van der Waals surface area contributed by atoms with Gasteiger partial charge in [0.05, 0.1) is 0 Å². The van der Waals surface area contributed by atoms with Gasteiger partial charge in [0.2, 0.25) is 0 Å². The maximum atomic E-state index is 2.16. The van der Waals surface area contributed by atoms with Gasteiger partial charge in [-0.25, -0.2) is 0 Å². The number of aromatic nitrogens is 1. The van der Waals surface area contributed by atoms with Gasteiger partial charge >= 0.3 is 0 Å². The van der Waals surface area contributed by atoms with Crippen LogP contribution in [0.4, 0.5) is 0 Å². The van der Waals surface area contributed by atoms with Crippen molar-refractivity contribution in [2.24, 2.45) is 0 Å². The van der Waals surface area contributed by atoms with E-state index in [1.807, 2.05) is 6.07 Å². The van der Waals surface area contributed by atoms with Gasteiger partial charge in [-0.3, -0.25) is 3.97 Å². The molecule has 0 unspecified atom stereocenters. The first-order valence-electron chi connectivity index (χ1n) is 4.23. The summed E-state index contributed by atoms with van der Waals surface area (Å²) >= 11 is 1.74. The van der Waals surface area contributed by atoms with Crippen LogP contribution in [-0.4, -0.2) is 3.97 Å². The monoisotopic (exact) mass is 189 g/mol. The topological polar surface area (TPSA) is 4.93 Å². The molecule has 0 aliphatic rings. The van der Waals surface area contributed by atoms with E-state index >= 15 is 0 Å². The second-order valence-electron chi connectivity index (χ2n) is 2.88. The Morgan fingerprint density at radius 3 is 2.38 bits per heavy atom. The Hall–Kier alpha value is -1.15. The molecule has 0 saturated carbocycles. The predicted octanol–water partition coefficient (Wildman–Crippen LogP) is 3.35. The van der Waals surface area contributed by atoms with E-state index < -0.39 is 0 Å². The van der Waals surface area contributed by atoms with E-state index in [4.69, 9.17) is 0 Å². The summed E-state index contributed by atoms with van der Waals surface area (Å²) in [4.78, 5) is 1.27. The maximum absolute atomic E-state index is 2.16. The molecule has 0 aliphatic carbocycles. The first-order chi connectivity index (χ1) is 6.36. The molecule has 0 spiro atoms. The second kappa shape index (κ2) is 3.71. The first-order valence-corrected chi connectivity index (χ1v) is 5.01. The fourth-order valence-electron chi connectivity index (χ4n) is 1.15. The molecule has 0 N–H and O–H groups in total. The maximum Gasteiger partial charge on any atom is 0.0290 e. The number of nitrogens with zero attached hydrogens (tertiary/aromatic N) is 1. The second-order valence-corrected chi connectivity index (χ2v) is 3.93. The quantitative estimate of drug-likeness (QED) is 0.701. The van der Waals surface area contributed by atoms with Crippen LogP contribution in [0.3, 0.4) is 0 Å². The van der Waals surface area contributed by atoms with Crippen LogP contribution in [0, 0.1) is 6.92 Å². The average Bonchev–Trinajstić information content (AvgIpc) is 2.54. The molecule has 1 nitrogen and oxygen atoms in total. The highest BCUT2D eigenvalue weighted by molar-refractivity contribution is 7.97. The molecule has 0 bridgehead atoms. The smallest absolute Gasteiger partial charge is 0.0290 e. The van der Waals surface area contributed by atoms with Crippen LogP contribution in [0.15, 0.2) is 53.6 Å². The Morgan fingerprint density at radius 2 is 1.77 bits per heavy atom. The molecule has 2 aromatic rings. The summed E-state index contributed by atoms with van der Waals surface area (Å²) in [6, 6.07) is 14.5. The van der Waals surface area contributed by atoms with Crippen LogP contribution < -0.4 is 0 Å². The predicted molar refractivity (Wildman–Crippen MR) is 56.9 cm³/mol. The molecular formula is C11H11NS. The third-order valence-electron chi connectivity index (χ3n) is 1.85. The Morgan fingerprint density at radius 1 is 1.00 bits per heavy atom. The molecule has 0 fully saturated rings. The molecule has 1 aromatic carbocycles. The summed E-state index contributed by atoms with van der Waals surface area (Å²) < 4.78 is 2.16. The molecule has 1 heterocycles. The van der Waals surface area contributed by atoms with Crippen molar-refractivity contribution in [3.63, 3.8) is 0 Å². The zero-order valence-corrected chi connectivity index (χ0v) is 8.29. The van der Waals surface area contributed by atoms with Gasteiger partial charge in [-0.2, -0.15) is 0 Å². The number of benzene rings is 1. The lowest BCUT2D eigenvalue weighted by molar-refractivity contribution is 1.17. The van der Waals surface area contributed by atoms with E-state index in [1.165, 1.54) is 10.6 Å². The minimum absolute atomic E-state index is 1.27. The van der Waals surface area contributed by atoms with E-state index in [2.05, 4.69) is 53.5 Å². The standard InChI is InChI=1S/C11H11NS/c1-10-6-5-9-12(10)13-11-7-3-2-4-8-11/h2-9H,1H3. The lowest BCUT2D eigenvalue weighted by Gasteiger charge is -2.03. The Kier molecular flexibility index (Phi) is 2.41. The lowest BCUT2D eigenvalue weighted by atomic mass is 10.4. The fourth-order valence-corrected chi connectivity index (χ4v) is 1.99. The molecule has 0 saturated heterocycles. The van der Waals surface area contributed by atoms with Crippen LogP contribution in [0.2, 0.25) is 0 Å². The molecule has 0 amide bonds. The van der Waals surface area contributed by atoms with Crippen LogP contribution in [0.25, 0.3) is 0 Å². The van der Waals surface area contributed by atoms with E-state index in [9.17, 15) is 0 Å². The van der Waals surface area contributed by atoms with Gasteiger partial charge in [0, 0.05) is 16.8 Å². The Bertz CT molecular complexity index is 378. The van der Waals surface area contributed by atoms with Gasteiger partial charge < -0.3 is 0 Å². The molecule has 13 heavy (non-hydrogen) atoms. The fraction of sp³-hybridized carbons (Fsp3) is 0.0909. The zero-order chi connectivity index (χ0) is 9.10. The lowest BCUT2D eigenvalue weighted by Crippen LogP contribution is -1.85. The molecule has 2 rings (SSSR count). The number of rotatable bonds is 2. The molecule has 0 atom stereocenters. The Labute approximate surface area is 82.5 Å². The van der Waals surface area contributed by atoms with Gasteiger partial charge in [0.1, 0.15) is 0 Å². The van der Waals surface area contributed by atoms with E-state index in [-0.39, 0.29) is 0 Å². The van der Waals surface area contributed by atoms with Crippen molar-refractivity contribution in [3.8, 4) is 0 Å². The Balaban J connectivity index is 2.20. The summed E-state index contributed by atoms with van der Waals surface area (Å²) in [5, 5.41) is 0. The molecular weight excluding hydrogens is 178 g/mol. The summed E-state index contributed by atoms with van der Waals surface area (Å²) in [6.07, 6.45) is 2.08. The summed E-state index contributed by atoms with van der Waals surface area (Å²) in [5.41, 5.74) is 1.27. The van der Waals surface area contributed by atoms with Crippen LogP contribution in [-0.2, 0) is 0 Å². The molecule has 1 aromatic heterocycles. The van der Waals surface area contributed by atoms with Crippen LogP contribution in [0.1, 0.15) is 5.69 Å². The van der Waals surface area contributed by atoms with Crippen LogP contribution >= 0.6 is 11.9 Å². The van der Waals surface area contributed by atoms with Crippen molar-refractivity contribution in [1.29, 1.82) is 0 Å². The highest BCUT2D eigenvalue weighted by Gasteiger charge is 1.96. The zero-order valence-electron chi connectivity index (χ0n) is 7.47. The van der Waals surface area contributed by atoms with Gasteiger partial charge in [0.25, 0.3) is 0 Å². The highest BCUT2D eigenvalue weighted by Crippen LogP contribution is 2.21. The SMILES string of the molecule is Cc1cccn1Sc1ccccc1. The summed E-state index contributed by atoms with van der Waals surface area (Å²) in [6.45, 7) is 2.11. The van der Waals surface area contributed by atoms with Crippen molar-refractivity contribution in [2.45, 2.75) is 11.8 Å². The van der Waals surface area contributed by atoms with E-state index in [0.29, 0.717) is 0 Å². The molecule has 2 heteroatoms. The van der Waals surface area contributed by atoms with Gasteiger partial charge in [-0.1, -0.05) is 18.2 Å². The normalized spacial score (nSPS) is 10.2. The van der Waals surface area contributed by atoms with Gasteiger partial charge in [0.15, 0.2) is 0 Å². The van der Waals surface area contributed by atoms with Crippen molar-refractivity contribution >= 4 is 11.9 Å². The van der Waals surface area contributed by atoms with Gasteiger partial charge in [-0.15, -0.1) is 0 Å². The van der Waals surface area contributed by atoms with E-state index in [1.54, 1.807) is 11.9 Å². The third-order valence-corrected chi connectivity index (χ3v) is 2.94. The molecule has 0 aliphatic heterocycles. The average molecular weight is 189 g/mol. The molecule has 66 valence electrons. The minimum Gasteiger partial charge on any atom is -0.292 e. The summed E-state index contributed by atoms with van der Waals surface area (Å²) in [7, 11) is 0. The summed E-state index contributed by atoms with van der Waals surface area (Å²) in [5.74, 6) is 0. The number of hydrogen-bond acceptors (Lipinski definition) is 1. The van der Waals surface area contributed by atoms with Crippen molar-refractivity contribution < 1.29 is 0 Å². The highest BCUT2D eigenvalue weighted by atomic mass is 32.2. The first kappa shape index (κ1) is 8.45.